The van der Waals surface area contributed by atoms with Gasteiger partial charge in [-0.25, -0.2) is 0 Å². The number of ether oxygens (including phenoxy) is 3. The third kappa shape index (κ3) is 4.05. The Kier molecular flexibility index (Phi) is 5.80. The van der Waals surface area contributed by atoms with Crippen LogP contribution in [-0.2, 0) is 4.74 Å². The number of benzene rings is 2. The van der Waals surface area contributed by atoms with Crippen molar-refractivity contribution in [1.82, 2.24) is 0 Å². The maximum Gasteiger partial charge on any atom is 0.229 e. The zero-order valence-electron chi connectivity index (χ0n) is 15.2. The van der Waals surface area contributed by atoms with Gasteiger partial charge in [0.25, 0.3) is 0 Å². The lowest BCUT2D eigenvalue weighted by Gasteiger charge is -2.20. The summed E-state index contributed by atoms with van der Waals surface area (Å²) in [5, 5.41) is 58.4. The van der Waals surface area contributed by atoms with Crippen LogP contribution in [0.4, 0.5) is 0 Å². The maximum absolute atomic E-state index is 13.0. The molecular formula is C19H20O10. The molecule has 3 rings (SSSR count). The third-order valence-corrected chi connectivity index (χ3v) is 4.40. The molecular weight excluding hydrogens is 388 g/mol. The van der Waals surface area contributed by atoms with Gasteiger partial charge in [0.1, 0.15) is 52.6 Å². The zero-order chi connectivity index (χ0) is 21.3. The van der Waals surface area contributed by atoms with Crippen molar-refractivity contribution in [2.75, 3.05) is 13.7 Å². The number of methoxy groups -OCH3 is 1. The molecule has 1 fully saturated rings. The molecule has 1 heterocycles. The summed E-state index contributed by atoms with van der Waals surface area (Å²) in [4.78, 5) is 13.0. The standard InChI is InChI=1S/C19H20O10/c1-27-12-5-11(23)6-13(28-19-18(26)17(25)14(7-20)29-19)15(12)16(24)8-2-9(21)4-10(22)3-8/h2-6,14,17-23,25-26H,7H2,1H3/t14-,17-,18+,19+/m0/s1. The smallest absolute Gasteiger partial charge is 0.229 e. The number of hydrogen-bond donors (Lipinski definition) is 6. The van der Waals surface area contributed by atoms with Crippen LogP contribution >= 0.6 is 0 Å². The lowest BCUT2D eigenvalue weighted by Crippen LogP contribution is -2.35. The second kappa shape index (κ2) is 8.13. The SMILES string of the molecule is COc1cc(O)cc(O[C@@H]2O[C@@H](CO)[C@H](O)[C@H]2O)c1C(=O)c1cc(O)cc(O)c1. The Bertz CT molecular complexity index is 892. The number of phenols is 3. The Morgan fingerprint density at radius 3 is 2.10 bits per heavy atom. The van der Waals surface area contributed by atoms with Crippen LogP contribution in [0.3, 0.4) is 0 Å². The number of hydrogen-bond acceptors (Lipinski definition) is 10. The zero-order valence-corrected chi connectivity index (χ0v) is 15.2. The van der Waals surface area contributed by atoms with E-state index >= 15 is 0 Å². The Morgan fingerprint density at radius 2 is 1.55 bits per heavy atom. The van der Waals surface area contributed by atoms with E-state index in [0.29, 0.717) is 0 Å². The van der Waals surface area contributed by atoms with Gasteiger partial charge in [-0.15, -0.1) is 0 Å². The average molecular weight is 408 g/mol. The number of carbonyl (C=O) groups excluding carboxylic acids is 1. The summed E-state index contributed by atoms with van der Waals surface area (Å²) in [7, 11) is 1.25. The molecule has 6 N–H and O–H groups in total. The monoisotopic (exact) mass is 408 g/mol. The number of aliphatic hydroxyl groups is 3. The van der Waals surface area contributed by atoms with Gasteiger partial charge in [0, 0.05) is 23.8 Å². The molecule has 4 atom stereocenters. The first-order chi connectivity index (χ1) is 13.7. The molecule has 0 unspecified atom stereocenters. The summed E-state index contributed by atoms with van der Waals surface area (Å²) < 4.78 is 15.9. The molecule has 0 aromatic heterocycles. The summed E-state index contributed by atoms with van der Waals surface area (Å²) in [6, 6.07) is 5.50. The molecule has 1 saturated heterocycles. The first-order valence-electron chi connectivity index (χ1n) is 8.53. The third-order valence-electron chi connectivity index (χ3n) is 4.40. The second-order valence-electron chi connectivity index (χ2n) is 6.41. The highest BCUT2D eigenvalue weighted by atomic mass is 16.7. The van der Waals surface area contributed by atoms with Crippen LogP contribution in [0.25, 0.3) is 0 Å². The molecule has 1 aliphatic rings. The molecule has 1 aliphatic heterocycles. The van der Waals surface area contributed by atoms with E-state index in [4.69, 9.17) is 14.2 Å². The molecule has 0 spiro atoms. The lowest BCUT2D eigenvalue weighted by molar-refractivity contribution is -0.116. The number of aliphatic hydroxyl groups excluding tert-OH is 3. The summed E-state index contributed by atoms with van der Waals surface area (Å²) in [5.41, 5.74) is -0.287. The van der Waals surface area contributed by atoms with Crippen molar-refractivity contribution in [1.29, 1.82) is 0 Å². The molecule has 2 aromatic carbocycles. The minimum absolute atomic E-state index is 0.0837. The first kappa shape index (κ1) is 20.7. The van der Waals surface area contributed by atoms with Crippen LogP contribution in [0.15, 0.2) is 30.3 Å². The molecule has 29 heavy (non-hydrogen) atoms. The highest BCUT2D eigenvalue weighted by Crippen LogP contribution is 2.38. The van der Waals surface area contributed by atoms with E-state index in [2.05, 4.69) is 0 Å². The van der Waals surface area contributed by atoms with Crippen molar-refractivity contribution < 1.29 is 49.6 Å². The molecule has 10 heteroatoms. The first-order valence-corrected chi connectivity index (χ1v) is 8.53. The highest BCUT2D eigenvalue weighted by Gasteiger charge is 2.44. The van der Waals surface area contributed by atoms with E-state index in [-0.39, 0.29) is 39.9 Å². The van der Waals surface area contributed by atoms with Crippen LogP contribution in [-0.4, -0.2) is 74.7 Å². The van der Waals surface area contributed by atoms with Gasteiger partial charge in [-0.2, -0.15) is 0 Å². The van der Waals surface area contributed by atoms with Crippen LogP contribution in [0.1, 0.15) is 15.9 Å². The molecule has 0 aliphatic carbocycles. The minimum Gasteiger partial charge on any atom is -0.508 e. The highest BCUT2D eigenvalue weighted by molar-refractivity contribution is 6.13. The maximum atomic E-state index is 13.0. The number of ketones is 1. The van der Waals surface area contributed by atoms with E-state index in [1.807, 2.05) is 0 Å². The van der Waals surface area contributed by atoms with E-state index in [9.17, 15) is 35.4 Å². The topological polar surface area (TPSA) is 166 Å². The Labute approximate surface area is 164 Å². The predicted molar refractivity (Wildman–Crippen MR) is 96.3 cm³/mol. The van der Waals surface area contributed by atoms with Crippen molar-refractivity contribution >= 4 is 5.78 Å². The van der Waals surface area contributed by atoms with Crippen LogP contribution in [0.2, 0.25) is 0 Å². The molecule has 10 nitrogen and oxygen atoms in total. The van der Waals surface area contributed by atoms with Gasteiger partial charge in [-0.1, -0.05) is 0 Å². The van der Waals surface area contributed by atoms with E-state index < -0.39 is 37.0 Å². The van der Waals surface area contributed by atoms with E-state index in [1.165, 1.54) is 7.11 Å². The van der Waals surface area contributed by atoms with Gasteiger partial charge in [0.2, 0.25) is 12.1 Å². The summed E-state index contributed by atoms with van der Waals surface area (Å²) in [6.45, 7) is -0.574. The molecule has 2 aromatic rings. The van der Waals surface area contributed by atoms with Gasteiger partial charge in [-0.3, -0.25) is 4.79 Å². The van der Waals surface area contributed by atoms with Crippen LogP contribution < -0.4 is 9.47 Å². The average Bonchev–Trinajstić information content (AvgIpc) is 2.94. The Balaban J connectivity index is 2.04. The number of rotatable bonds is 6. The molecule has 156 valence electrons. The normalized spacial score (nSPS) is 23.7. The fraction of sp³-hybridized carbons (Fsp3) is 0.316. The predicted octanol–water partition coefficient (Wildman–Crippen LogP) is -0.139. The number of phenolic OH excluding ortho intramolecular Hbond substituents is 3. The van der Waals surface area contributed by atoms with E-state index in [0.717, 1.165) is 30.3 Å². The number of carbonyl (C=O) groups is 1. The summed E-state index contributed by atoms with van der Waals surface area (Å²) in [6.07, 6.45) is -5.51. The summed E-state index contributed by atoms with van der Waals surface area (Å²) >= 11 is 0. The fourth-order valence-corrected chi connectivity index (χ4v) is 3.01. The van der Waals surface area contributed by atoms with Crippen molar-refractivity contribution in [2.24, 2.45) is 0 Å². The quantitative estimate of drug-likeness (QED) is 0.354. The van der Waals surface area contributed by atoms with Gasteiger partial charge in [-0.05, 0) is 12.1 Å². The van der Waals surface area contributed by atoms with Crippen molar-refractivity contribution in [3.05, 3.63) is 41.5 Å². The van der Waals surface area contributed by atoms with Crippen LogP contribution in [0, 0.1) is 0 Å². The minimum atomic E-state index is -1.53. The summed E-state index contributed by atoms with van der Waals surface area (Å²) in [5.74, 6) is -2.08. The van der Waals surface area contributed by atoms with Gasteiger partial charge in [0.15, 0.2) is 0 Å². The van der Waals surface area contributed by atoms with Crippen molar-refractivity contribution in [2.45, 2.75) is 24.6 Å². The Hall–Kier alpha value is -3.05. The molecule has 0 saturated carbocycles. The molecule has 0 bridgehead atoms. The number of aromatic hydroxyl groups is 3. The fourth-order valence-electron chi connectivity index (χ4n) is 3.01. The lowest BCUT2D eigenvalue weighted by atomic mass is 10.0. The molecule has 0 amide bonds. The van der Waals surface area contributed by atoms with Gasteiger partial charge in [0.05, 0.1) is 13.7 Å². The van der Waals surface area contributed by atoms with Gasteiger partial charge < -0.3 is 44.8 Å². The van der Waals surface area contributed by atoms with Crippen molar-refractivity contribution in [3.8, 4) is 28.7 Å². The Morgan fingerprint density at radius 1 is 0.966 bits per heavy atom. The largest absolute Gasteiger partial charge is 0.508 e. The second-order valence-corrected chi connectivity index (χ2v) is 6.41. The van der Waals surface area contributed by atoms with Crippen LogP contribution in [0.5, 0.6) is 28.7 Å². The van der Waals surface area contributed by atoms with E-state index in [1.54, 1.807) is 0 Å². The molecule has 0 radical (unpaired) electrons. The van der Waals surface area contributed by atoms with Gasteiger partial charge >= 0.3 is 0 Å². The van der Waals surface area contributed by atoms with Crippen molar-refractivity contribution in [3.63, 3.8) is 0 Å².